The first-order valence-corrected chi connectivity index (χ1v) is 8.71. The van der Waals surface area contributed by atoms with Crippen LogP contribution in [0, 0.1) is 0 Å². The van der Waals surface area contributed by atoms with E-state index in [-0.39, 0.29) is 23.4 Å². The molecule has 0 radical (unpaired) electrons. The Morgan fingerprint density at radius 2 is 1.88 bits per heavy atom. The van der Waals surface area contributed by atoms with Gasteiger partial charge in [-0.3, -0.25) is 4.79 Å². The predicted octanol–water partition coefficient (Wildman–Crippen LogP) is 2.79. The normalized spacial score (nSPS) is 17.7. The molecule has 1 saturated heterocycles. The number of nitrogens with one attached hydrogen (secondary N) is 2. The molecule has 2 N–H and O–H groups in total. The second-order valence-electron chi connectivity index (χ2n) is 7.45. The van der Waals surface area contributed by atoms with Gasteiger partial charge in [0, 0.05) is 32.1 Å². The summed E-state index contributed by atoms with van der Waals surface area (Å²) in [5, 5.41) is 5.84. The zero-order chi connectivity index (χ0) is 17.7. The SMILES string of the molecule is CCC(=O)N1CC[C@H](NC(=O)NCc2ccc(C(C)(C)C)cc2)C1. The summed E-state index contributed by atoms with van der Waals surface area (Å²) in [7, 11) is 0. The Hall–Kier alpha value is -2.04. The average Bonchev–Trinajstić information content (AvgIpc) is 3.00. The standard InChI is InChI=1S/C19H29N3O2/c1-5-17(23)22-11-10-16(13-22)21-18(24)20-12-14-6-8-15(9-7-14)19(2,3)4/h6-9,16H,5,10-13H2,1-4H3,(H2,20,21,24)/t16-/m0/s1. The summed E-state index contributed by atoms with van der Waals surface area (Å²) >= 11 is 0. The first-order valence-electron chi connectivity index (χ1n) is 8.71. The van der Waals surface area contributed by atoms with Crippen LogP contribution in [-0.2, 0) is 16.8 Å². The zero-order valence-corrected chi connectivity index (χ0v) is 15.2. The lowest BCUT2D eigenvalue weighted by atomic mass is 9.87. The summed E-state index contributed by atoms with van der Waals surface area (Å²) in [6, 6.07) is 8.20. The van der Waals surface area contributed by atoms with Gasteiger partial charge in [-0.1, -0.05) is 52.0 Å². The lowest BCUT2D eigenvalue weighted by Gasteiger charge is -2.19. The lowest BCUT2D eigenvalue weighted by molar-refractivity contribution is -0.129. The topological polar surface area (TPSA) is 61.4 Å². The van der Waals surface area contributed by atoms with E-state index in [4.69, 9.17) is 0 Å². The average molecular weight is 331 g/mol. The van der Waals surface area contributed by atoms with E-state index in [1.165, 1.54) is 5.56 Å². The van der Waals surface area contributed by atoms with Crippen LogP contribution in [0.4, 0.5) is 4.79 Å². The molecule has 1 atom stereocenters. The molecule has 0 saturated carbocycles. The van der Waals surface area contributed by atoms with E-state index in [0.29, 0.717) is 19.5 Å². The van der Waals surface area contributed by atoms with E-state index >= 15 is 0 Å². The first-order chi connectivity index (χ1) is 11.3. The molecular formula is C19H29N3O2. The van der Waals surface area contributed by atoms with Gasteiger partial charge in [0.25, 0.3) is 0 Å². The van der Waals surface area contributed by atoms with Gasteiger partial charge in [0.05, 0.1) is 0 Å². The molecule has 1 aliphatic rings. The molecule has 0 unspecified atom stereocenters. The highest BCUT2D eigenvalue weighted by Gasteiger charge is 2.26. The first kappa shape index (κ1) is 18.3. The van der Waals surface area contributed by atoms with Crippen molar-refractivity contribution in [3.8, 4) is 0 Å². The molecule has 132 valence electrons. The number of amides is 3. The van der Waals surface area contributed by atoms with Crippen molar-refractivity contribution in [1.29, 1.82) is 0 Å². The maximum absolute atomic E-state index is 12.0. The number of rotatable bonds is 4. The molecule has 1 aliphatic heterocycles. The Labute approximate surface area is 144 Å². The number of hydrogen-bond donors (Lipinski definition) is 2. The van der Waals surface area contributed by atoms with Crippen LogP contribution < -0.4 is 10.6 Å². The van der Waals surface area contributed by atoms with Crippen molar-refractivity contribution in [2.75, 3.05) is 13.1 Å². The van der Waals surface area contributed by atoms with Crippen LogP contribution in [0.5, 0.6) is 0 Å². The molecule has 0 spiro atoms. The van der Waals surface area contributed by atoms with E-state index in [9.17, 15) is 9.59 Å². The molecule has 5 nitrogen and oxygen atoms in total. The van der Waals surface area contributed by atoms with Gasteiger partial charge in [-0.15, -0.1) is 0 Å². The Morgan fingerprint density at radius 1 is 1.21 bits per heavy atom. The third-order valence-electron chi connectivity index (χ3n) is 4.45. The lowest BCUT2D eigenvalue weighted by Crippen LogP contribution is -2.43. The third-order valence-corrected chi connectivity index (χ3v) is 4.45. The fourth-order valence-electron chi connectivity index (χ4n) is 2.87. The molecule has 0 aromatic heterocycles. The van der Waals surface area contributed by atoms with Crippen molar-refractivity contribution >= 4 is 11.9 Å². The van der Waals surface area contributed by atoms with E-state index < -0.39 is 0 Å². The van der Waals surface area contributed by atoms with E-state index in [1.807, 2.05) is 11.8 Å². The van der Waals surface area contributed by atoms with Gasteiger partial charge in [-0.05, 0) is 23.0 Å². The Kier molecular flexibility index (Phi) is 5.86. The smallest absolute Gasteiger partial charge is 0.315 e. The minimum atomic E-state index is -0.175. The fraction of sp³-hybridized carbons (Fsp3) is 0.579. The van der Waals surface area contributed by atoms with E-state index in [0.717, 1.165) is 18.5 Å². The number of carbonyl (C=O) groups is 2. The fourth-order valence-corrected chi connectivity index (χ4v) is 2.87. The van der Waals surface area contributed by atoms with E-state index in [2.05, 4.69) is 55.7 Å². The van der Waals surface area contributed by atoms with Gasteiger partial charge < -0.3 is 15.5 Å². The quantitative estimate of drug-likeness (QED) is 0.891. The molecule has 1 aromatic carbocycles. The molecule has 1 fully saturated rings. The Morgan fingerprint density at radius 3 is 2.46 bits per heavy atom. The van der Waals surface area contributed by atoms with Gasteiger partial charge in [0.2, 0.25) is 5.91 Å². The number of nitrogens with zero attached hydrogens (tertiary/aromatic N) is 1. The van der Waals surface area contributed by atoms with Crippen molar-refractivity contribution in [3.05, 3.63) is 35.4 Å². The summed E-state index contributed by atoms with van der Waals surface area (Å²) in [6.07, 6.45) is 1.34. The second-order valence-corrected chi connectivity index (χ2v) is 7.45. The van der Waals surface area contributed by atoms with Crippen molar-refractivity contribution in [2.24, 2.45) is 0 Å². The minimum Gasteiger partial charge on any atom is -0.341 e. The van der Waals surface area contributed by atoms with Gasteiger partial charge in [0.15, 0.2) is 0 Å². The van der Waals surface area contributed by atoms with Crippen LogP contribution in [0.2, 0.25) is 0 Å². The number of carbonyl (C=O) groups excluding carboxylic acids is 2. The molecule has 2 rings (SSSR count). The summed E-state index contributed by atoms with van der Waals surface area (Å²) in [6.45, 7) is 10.2. The van der Waals surface area contributed by atoms with Crippen molar-refractivity contribution in [3.63, 3.8) is 0 Å². The van der Waals surface area contributed by atoms with Gasteiger partial charge in [-0.2, -0.15) is 0 Å². The minimum absolute atomic E-state index is 0.0452. The molecule has 24 heavy (non-hydrogen) atoms. The van der Waals surface area contributed by atoms with Crippen LogP contribution in [0.25, 0.3) is 0 Å². The third kappa shape index (κ3) is 4.98. The van der Waals surface area contributed by atoms with Crippen molar-refractivity contribution < 1.29 is 9.59 Å². The van der Waals surface area contributed by atoms with Crippen molar-refractivity contribution in [1.82, 2.24) is 15.5 Å². The number of likely N-dealkylation sites (tertiary alicyclic amines) is 1. The number of benzene rings is 1. The zero-order valence-electron chi connectivity index (χ0n) is 15.2. The molecule has 3 amide bonds. The maximum Gasteiger partial charge on any atom is 0.315 e. The van der Waals surface area contributed by atoms with Crippen LogP contribution in [-0.4, -0.2) is 36.0 Å². The monoisotopic (exact) mass is 331 g/mol. The molecule has 0 aliphatic carbocycles. The highest BCUT2D eigenvalue weighted by Crippen LogP contribution is 2.22. The van der Waals surface area contributed by atoms with Gasteiger partial charge in [0.1, 0.15) is 0 Å². The molecule has 5 heteroatoms. The molecule has 0 bridgehead atoms. The van der Waals surface area contributed by atoms with Crippen LogP contribution in [0.1, 0.15) is 51.7 Å². The van der Waals surface area contributed by atoms with Crippen molar-refractivity contribution in [2.45, 2.75) is 58.5 Å². The van der Waals surface area contributed by atoms with Crippen LogP contribution in [0.3, 0.4) is 0 Å². The Bertz CT molecular complexity index is 575. The van der Waals surface area contributed by atoms with Gasteiger partial charge in [-0.25, -0.2) is 4.79 Å². The predicted molar refractivity (Wildman–Crippen MR) is 95.8 cm³/mol. The summed E-state index contributed by atoms with van der Waals surface area (Å²) in [5.74, 6) is 0.152. The number of urea groups is 1. The second kappa shape index (κ2) is 7.69. The van der Waals surface area contributed by atoms with Crippen LogP contribution >= 0.6 is 0 Å². The largest absolute Gasteiger partial charge is 0.341 e. The number of hydrogen-bond acceptors (Lipinski definition) is 2. The summed E-state index contributed by atoms with van der Waals surface area (Å²) < 4.78 is 0. The Balaban J connectivity index is 1.77. The molecular weight excluding hydrogens is 302 g/mol. The summed E-state index contributed by atoms with van der Waals surface area (Å²) in [5.41, 5.74) is 2.49. The maximum atomic E-state index is 12.0. The van der Waals surface area contributed by atoms with Gasteiger partial charge >= 0.3 is 6.03 Å². The van der Waals surface area contributed by atoms with Crippen LogP contribution in [0.15, 0.2) is 24.3 Å². The highest BCUT2D eigenvalue weighted by atomic mass is 16.2. The van der Waals surface area contributed by atoms with E-state index in [1.54, 1.807) is 0 Å². The molecule has 1 heterocycles. The summed E-state index contributed by atoms with van der Waals surface area (Å²) in [4.78, 5) is 25.5. The highest BCUT2D eigenvalue weighted by molar-refractivity contribution is 5.77. The molecule has 1 aromatic rings.